The first-order valence-corrected chi connectivity index (χ1v) is 13.8. The minimum absolute atomic E-state index is 0.0435. The first kappa shape index (κ1) is 26.6. The van der Waals surface area contributed by atoms with Crippen molar-refractivity contribution in [3.63, 3.8) is 0 Å². The lowest BCUT2D eigenvalue weighted by atomic mass is 9.74. The van der Waals surface area contributed by atoms with Crippen molar-refractivity contribution < 1.29 is 24.2 Å². The zero-order valence-corrected chi connectivity index (χ0v) is 22.6. The number of ether oxygens (including phenoxy) is 1. The third-order valence-corrected chi connectivity index (χ3v) is 8.57. The molecule has 0 bridgehead atoms. The van der Waals surface area contributed by atoms with Crippen LogP contribution in [0.1, 0.15) is 45.6 Å². The van der Waals surface area contributed by atoms with E-state index < -0.39 is 29.1 Å². The Morgan fingerprint density at radius 1 is 0.947 bits per heavy atom. The summed E-state index contributed by atoms with van der Waals surface area (Å²) in [6, 6.07) is 8.96. The van der Waals surface area contributed by atoms with Crippen LogP contribution in [0.15, 0.2) is 54.6 Å². The number of carbonyl (C=O) groups is 3. The van der Waals surface area contributed by atoms with E-state index in [2.05, 4.69) is 0 Å². The molecule has 2 saturated heterocycles. The minimum Gasteiger partial charge on any atom is -0.396 e. The summed E-state index contributed by atoms with van der Waals surface area (Å²) in [6.07, 6.45) is 9.76. The summed E-state index contributed by atoms with van der Waals surface area (Å²) >= 11 is 0. The van der Waals surface area contributed by atoms with E-state index in [4.69, 9.17) is 4.74 Å². The molecule has 0 aliphatic carbocycles. The molecule has 1 aromatic rings. The smallest absolute Gasteiger partial charge is 0.249 e. The third kappa shape index (κ3) is 4.28. The quantitative estimate of drug-likeness (QED) is 0.420. The zero-order valence-electron chi connectivity index (χ0n) is 22.6. The maximum absolute atomic E-state index is 14.3. The van der Waals surface area contributed by atoms with Crippen molar-refractivity contribution in [1.82, 2.24) is 14.7 Å². The second kappa shape index (κ2) is 10.3. The number of aliphatic hydroxyl groups is 1. The summed E-state index contributed by atoms with van der Waals surface area (Å²) in [6.45, 7) is 7.60. The van der Waals surface area contributed by atoms with E-state index in [1.54, 1.807) is 14.7 Å². The number of carbonyl (C=O) groups excluding carboxylic acids is 3. The van der Waals surface area contributed by atoms with Gasteiger partial charge in [0.15, 0.2) is 0 Å². The van der Waals surface area contributed by atoms with Gasteiger partial charge in [-0.2, -0.15) is 0 Å². The number of fused-ring (bicyclic) bond motifs is 2. The Balaban J connectivity index is 1.55. The number of benzene rings is 1. The van der Waals surface area contributed by atoms with Gasteiger partial charge in [0.2, 0.25) is 17.7 Å². The van der Waals surface area contributed by atoms with Crippen molar-refractivity contribution in [2.24, 2.45) is 11.8 Å². The van der Waals surface area contributed by atoms with Crippen LogP contribution in [0.25, 0.3) is 0 Å². The number of amides is 3. The van der Waals surface area contributed by atoms with E-state index in [9.17, 15) is 19.5 Å². The van der Waals surface area contributed by atoms with E-state index >= 15 is 0 Å². The van der Waals surface area contributed by atoms with Gasteiger partial charge < -0.3 is 24.5 Å². The molecule has 1 unspecified atom stereocenters. The molecule has 0 saturated carbocycles. The van der Waals surface area contributed by atoms with Crippen LogP contribution in [-0.4, -0.2) is 87.1 Å². The van der Waals surface area contributed by atoms with Crippen LogP contribution < -0.4 is 0 Å². The van der Waals surface area contributed by atoms with E-state index in [0.717, 1.165) is 12.0 Å². The SMILES string of the molecule is CC(C)N1CC=C[C@]23O[C@]4(C)C=CCN(Cc5ccccc5)C(=O)[C@@H]4[C@H]2C(=O)N(CCCCCO)C3C1=O. The number of hydrogen-bond donors (Lipinski definition) is 1. The Morgan fingerprint density at radius 2 is 1.68 bits per heavy atom. The highest BCUT2D eigenvalue weighted by atomic mass is 16.5. The molecule has 5 atom stereocenters. The van der Waals surface area contributed by atoms with Crippen LogP contribution in [0.3, 0.4) is 0 Å². The van der Waals surface area contributed by atoms with Gasteiger partial charge in [0.1, 0.15) is 11.6 Å². The number of rotatable bonds is 8. The molecule has 8 heteroatoms. The fourth-order valence-electron chi connectivity index (χ4n) is 6.81. The molecule has 0 aromatic heterocycles. The molecule has 4 aliphatic heterocycles. The average Bonchev–Trinajstić information content (AvgIpc) is 3.15. The minimum atomic E-state index is -1.22. The van der Waals surface area contributed by atoms with Gasteiger partial charge in [0.05, 0.1) is 17.4 Å². The zero-order chi connectivity index (χ0) is 27.1. The van der Waals surface area contributed by atoms with Gasteiger partial charge in [-0.05, 0) is 45.6 Å². The highest BCUT2D eigenvalue weighted by Crippen LogP contribution is 2.57. The maximum atomic E-state index is 14.3. The molecular weight excluding hydrogens is 482 g/mol. The van der Waals surface area contributed by atoms with Gasteiger partial charge in [-0.25, -0.2) is 0 Å². The molecule has 1 aromatic carbocycles. The van der Waals surface area contributed by atoms with Crippen molar-refractivity contribution in [2.45, 2.75) is 69.9 Å². The highest BCUT2D eigenvalue weighted by molar-refractivity contribution is 6.00. The molecule has 1 spiro atoms. The van der Waals surface area contributed by atoms with Gasteiger partial charge in [-0.15, -0.1) is 0 Å². The van der Waals surface area contributed by atoms with Crippen LogP contribution in [0.2, 0.25) is 0 Å². The number of aliphatic hydroxyl groups excluding tert-OH is 1. The normalized spacial score (nSPS) is 32.5. The Kier molecular flexibility index (Phi) is 7.22. The lowest BCUT2D eigenvalue weighted by Gasteiger charge is -2.38. The monoisotopic (exact) mass is 521 g/mol. The van der Waals surface area contributed by atoms with Crippen molar-refractivity contribution in [2.75, 3.05) is 26.2 Å². The van der Waals surface area contributed by atoms with Crippen molar-refractivity contribution >= 4 is 17.7 Å². The largest absolute Gasteiger partial charge is 0.396 e. The van der Waals surface area contributed by atoms with Gasteiger partial charge in [0.25, 0.3) is 0 Å². The number of nitrogens with zero attached hydrogens (tertiary/aromatic N) is 3. The summed E-state index contributed by atoms with van der Waals surface area (Å²) in [7, 11) is 0. The number of likely N-dealkylation sites (tertiary alicyclic amines) is 1. The van der Waals surface area contributed by atoms with Gasteiger partial charge in [-0.3, -0.25) is 14.4 Å². The van der Waals surface area contributed by atoms with Crippen molar-refractivity contribution in [3.05, 3.63) is 60.2 Å². The van der Waals surface area contributed by atoms with Crippen LogP contribution in [0.4, 0.5) is 0 Å². The molecule has 2 fully saturated rings. The van der Waals surface area contributed by atoms with E-state index in [1.165, 1.54) is 0 Å². The van der Waals surface area contributed by atoms with E-state index in [0.29, 0.717) is 39.0 Å². The molecule has 4 aliphatic rings. The van der Waals surface area contributed by atoms with Crippen LogP contribution in [0.5, 0.6) is 0 Å². The molecule has 3 amide bonds. The van der Waals surface area contributed by atoms with Crippen molar-refractivity contribution in [3.8, 4) is 0 Å². The predicted molar refractivity (Wildman–Crippen MR) is 143 cm³/mol. The molecule has 4 heterocycles. The predicted octanol–water partition coefficient (Wildman–Crippen LogP) is 2.53. The van der Waals surface area contributed by atoms with Gasteiger partial charge in [-0.1, -0.05) is 54.6 Å². The summed E-state index contributed by atoms with van der Waals surface area (Å²) in [5.41, 5.74) is -1.21. The van der Waals surface area contributed by atoms with Crippen LogP contribution in [-0.2, 0) is 25.7 Å². The average molecular weight is 522 g/mol. The number of unbranched alkanes of at least 4 members (excludes halogenated alkanes) is 2. The van der Waals surface area contributed by atoms with Crippen LogP contribution in [0, 0.1) is 11.8 Å². The Morgan fingerprint density at radius 3 is 2.39 bits per heavy atom. The molecule has 1 N–H and O–H groups in total. The van der Waals surface area contributed by atoms with Gasteiger partial charge in [0, 0.05) is 38.8 Å². The third-order valence-electron chi connectivity index (χ3n) is 8.57. The standard InChI is InChI=1S/C30H39N3O5/c1-21(2)32-18-11-15-30-24(27(36)33(25(30)28(32)37)17-8-5-9-19-34)23-26(35)31(16-10-14-29(23,3)38-30)20-22-12-6-4-7-13-22/h4,6-7,10-15,21,23-25,34H,5,8-9,16-20H2,1-3H3/t23-,24-,25?,29+,30-/m0/s1. The fraction of sp³-hybridized carbons (Fsp3) is 0.567. The van der Waals surface area contributed by atoms with E-state index in [-0.39, 0.29) is 30.4 Å². The highest BCUT2D eigenvalue weighted by Gasteiger charge is 2.74. The lowest BCUT2D eigenvalue weighted by Crippen LogP contribution is -2.57. The van der Waals surface area contributed by atoms with E-state index in [1.807, 2.05) is 75.4 Å². The Bertz CT molecular complexity index is 1130. The molecule has 8 nitrogen and oxygen atoms in total. The maximum Gasteiger partial charge on any atom is 0.249 e. The Hall–Kier alpha value is -2.97. The summed E-state index contributed by atoms with van der Waals surface area (Å²) < 4.78 is 6.85. The molecule has 0 radical (unpaired) electrons. The second-order valence-electron chi connectivity index (χ2n) is 11.4. The molecule has 38 heavy (non-hydrogen) atoms. The lowest BCUT2D eigenvalue weighted by molar-refractivity contribution is -0.153. The fourth-order valence-corrected chi connectivity index (χ4v) is 6.81. The summed E-state index contributed by atoms with van der Waals surface area (Å²) in [4.78, 5) is 47.8. The Labute approximate surface area is 224 Å². The number of hydrogen-bond acceptors (Lipinski definition) is 5. The second-order valence-corrected chi connectivity index (χ2v) is 11.4. The summed E-state index contributed by atoms with van der Waals surface area (Å²) in [5.74, 6) is -2.00. The van der Waals surface area contributed by atoms with Crippen LogP contribution >= 0.6 is 0 Å². The first-order chi connectivity index (χ1) is 18.2. The van der Waals surface area contributed by atoms with Gasteiger partial charge >= 0.3 is 0 Å². The molecule has 5 rings (SSSR count). The van der Waals surface area contributed by atoms with Crippen molar-refractivity contribution in [1.29, 1.82) is 0 Å². The first-order valence-electron chi connectivity index (χ1n) is 13.8. The topological polar surface area (TPSA) is 90.4 Å². The molecule has 204 valence electrons. The summed E-state index contributed by atoms with van der Waals surface area (Å²) in [5, 5.41) is 9.23. The molecular formula is C30H39N3O5.